The lowest BCUT2D eigenvalue weighted by Gasteiger charge is -2.08. The summed E-state index contributed by atoms with van der Waals surface area (Å²) in [4.78, 5) is 3.94. The maximum atomic E-state index is 3.94. The number of para-hydroxylation sites is 1. The van der Waals surface area contributed by atoms with Crippen LogP contribution in [0.5, 0.6) is 0 Å². The summed E-state index contributed by atoms with van der Waals surface area (Å²) in [6.45, 7) is 7.31. The van der Waals surface area contributed by atoms with Crippen LogP contribution in [-0.4, -0.2) is 6.72 Å². The molecule has 0 fully saturated rings. The molecule has 2 aromatic rings. The van der Waals surface area contributed by atoms with Gasteiger partial charge in [-0.1, -0.05) is 30.9 Å². The molecule has 0 spiro atoms. The number of aliphatic imine (C=N–C) groups is 1. The van der Waals surface area contributed by atoms with Gasteiger partial charge in [-0.15, -0.1) is 0 Å². The Balaban J connectivity index is 2.28. The van der Waals surface area contributed by atoms with Gasteiger partial charge in [-0.3, -0.25) is 4.99 Å². The molecule has 1 N–H and O–H groups in total. The molecule has 0 aliphatic heterocycles. The van der Waals surface area contributed by atoms with E-state index in [9.17, 15) is 0 Å². The molecule has 84 valence electrons. The molecule has 0 aromatic heterocycles. The molecule has 2 heteroatoms. The van der Waals surface area contributed by atoms with E-state index in [-0.39, 0.29) is 0 Å². The Morgan fingerprint density at radius 3 is 2.41 bits per heavy atom. The Morgan fingerprint density at radius 2 is 1.76 bits per heavy atom. The third-order valence-electron chi connectivity index (χ3n) is 2.48. The minimum atomic E-state index is 0.846. The van der Waals surface area contributed by atoms with Crippen molar-refractivity contribution in [2.45, 2.75) is 0 Å². The lowest BCUT2D eigenvalue weighted by molar-refractivity contribution is 1.49. The van der Waals surface area contributed by atoms with Crippen LogP contribution in [0.15, 0.2) is 60.1 Å². The fraction of sp³-hybridized carbons (Fsp3) is 0. The highest BCUT2D eigenvalue weighted by Crippen LogP contribution is 2.25. The SMILES string of the molecule is C=Cc1cc(Nc2ccccc2)ccc1N=C. The topological polar surface area (TPSA) is 24.4 Å². The largest absolute Gasteiger partial charge is 0.356 e. The molecule has 0 bridgehead atoms. The Morgan fingerprint density at radius 1 is 1.00 bits per heavy atom. The van der Waals surface area contributed by atoms with E-state index in [2.05, 4.69) is 23.6 Å². The monoisotopic (exact) mass is 222 g/mol. The number of hydrogen-bond acceptors (Lipinski definition) is 2. The van der Waals surface area contributed by atoms with E-state index in [1.165, 1.54) is 0 Å². The molecule has 0 aliphatic carbocycles. The zero-order valence-electron chi connectivity index (χ0n) is 9.56. The van der Waals surface area contributed by atoms with Gasteiger partial charge in [0.1, 0.15) is 0 Å². The fourth-order valence-electron chi connectivity index (χ4n) is 1.63. The van der Waals surface area contributed by atoms with Crippen LogP contribution in [0.4, 0.5) is 17.1 Å². The van der Waals surface area contributed by atoms with Crippen LogP contribution < -0.4 is 5.32 Å². The third-order valence-corrected chi connectivity index (χ3v) is 2.48. The predicted octanol–water partition coefficient (Wildman–Crippen LogP) is 4.41. The average Bonchev–Trinajstić information content (AvgIpc) is 2.40. The first-order chi connectivity index (χ1) is 8.33. The van der Waals surface area contributed by atoms with Crippen LogP contribution >= 0.6 is 0 Å². The Bertz CT molecular complexity index is 530. The van der Waals surface area contributed by atoms with Crippen molar-refractivity contribution < 1.29 is 0 Å². The summed E-state index contributed by atoms with van der Waals surface area (Å²) in [6.07, 6.45) is 1.78. The van der Waals surface area contributed by atoms with Gasteiger partial charge in [-0.2, -0.15) is 0 Å². The molecule has 0 saturated carbocycles. The minimum absolute atomic E-state index is 0.846. The fourth-order valence-corrected chi connectivity index (χ4v) is 1.63. The van der Waals surface area contributed by atoms with E-state index < -0.39 is 0 Å². The lowest BCUT2D eigenvalue weighted by Crippen LogP contribution is -1.90. The van der Waals surface area contributed by atoms with Crippen molar-refractivity contribution in [2.75, 3.05) is 5.32 Å². The number of rotatable bonds is 4. The molecule has 17 heavy (non-hydrogen) atoms. The number of benzene rings is 2. The summed E-state index contributed by atoms with van der Waals surface area (Å²) >= 11 is 0. The van der Waals surface area contributed by atoms with Gasteiger partial charge >= 0.3 is 0 Å². The molecular formula is C15H14N2. The van der Waals surface area contributed by atoms with Crippen LogP contribution in [0.25, 0.3) is 6.08 Å². The van der Waals surface area contributed by atoms with Crippen LogP contribution in [-0.2, 0) is 0 Å². The van der Waals surface area contributed by atoms with Gasteiger partial charge in [0.05, 0.1) is 5.69 Å². The smallest absolute Gasteiger partial charge is 0.0696 e. The zero-order valence-corrected chi connectivity index (χ0v) is 9.56. The van der Waals surface area contributed by atoms with E-state index in [0.717, 1.165) is 22.6 Å². The Kier molecular flexibility index (Phi) is 3.36. The van der Waals surface area contributed by atoms with E-state index in [1.54, 1.807) is 6.08 Å². The van der Waals surface area contributed by atoms with Crippen molar-refractivity contribution in [3.05, 3.63) is 60.7 Å². The highest BCUT2D eigenvalue weighted by molar-refractivity contribution is 5.72. The average molecular weight is 222 g/mol. The Labute approximate surface area is 101 Å². The first-order valence-corrected chi connectivity index (χ1v) is 5.39. The van der Waals surface area contributed by atoms with Gasteiger partial charge in [0.25, 0.3) is 0 Å². The van der Waals surface area contributed by atoms with Crippen molar-refractivity contribution >= 4 is 29.9 Å². The van der Waals surface area contributed by atoms with Crippen LogP contribution in [0, 0.1) is 0 Å². The van der Waals surface area contributed by atoms with Crippen molar-refractivity contribution in [2.24, 2.45) is 4.99 Å². The summed E-state index contributed by atoms with van der Waals surface area (Å²) in [5, 5.41) is 3.32. The number of hydrogen-bond donors (Lipinski definition) is 1. The molecular weight excluding hydrogens is 208 g/mol. The predicted molar refractivity (Wildman–Crippen MR) is 75.5 cm³/mol. The minimum Gasteiger partial charge on any atom is -0.356 e. The van der Waals surface area contributed by atoms with Gasteiger partial charge in [0, 0.05) is 16.9 Å². The molecule has 0 atom stereocenters. The molecule has 0 radical (unpaired) electrons. The van der Waals surface area contributed by atoms with Crippen molar-refractivity contribution in [3.63, 3.8) is 0 Å². The lowest BCUT2D eigenvalue weighted by atomic mass is 10.1. The number of anilines is 2. The summed E-state index contributed by atoms with van der Waals surface area (Å²) in [7, 11) is 0. The maximum absolute atomic E-state index is 3.94. The zero-order chi connectivity index (χ0) is 12.1. The standard InChI is InChI=1S/C15H14N2/c1-3-12-11-14(9-10-15(12)16-2)17-13-7-5-4-6-8-13/h3-11,17H,1-2H2. The second-order valence-corrected chi connectivity index (χ2v) is 3.63. The van der Waals surface area contributed by atoms with E-state index in [0.29, 0.717) is 0 Å². The van der Waals surface area contributed by atoms with Crippen molar-refractivity contribution in [3.8, 4) is 0 Å². The summed E-state index contributed by atoms with van der Waals surface area (Å²) in [6, 6.07) is 15.9. The summed E-state index contributed by atoms with van der Waals surface area (Å²) in [5.41, 5.74) is 3.89. The number of nitrogens with one attached hydrogen (secondary N) is 1. The first kappa shape index (κ1) is 11.1. The second kappa shape index (κ2) is 5.12. The number of nitrogens with zero attached hydrogens (tertiary/aromatic N) is 1. The normalized spacial score (nSPS) is 9.65. The van der Waals surface area contributed by atoms with Gasteiger partial charge in [-0.05, 0) is 37.0 Å². The first-order valence-electron chi connectivity index (χ1n) is 5.39. The highest BCUT2D eigenvalue weighted by atomic mass is 14.9. The molecule has 2 nitrogen and oxygen atoms in total. The van der Waals surface area contributed by atoms with Crippen LogP contribution in [0.2, 0.25) is 0 Å². The van der Waals surface area contributed by atoms with E-state index >= 15 is 0 Å². The van der Waals surface area contributed by atoms with Gasteiger partial charge < -0.3 is 5.32 Å². The van der Waals surface area contributed by atoms with Crippen molar-refractivity contribution in [1.29, 1.82) is 0 Å². The molecule has 0 unspecified atom stereocenters. The molecule has 0 saturated heterocycles. The van der Waals surface area contributed by atoms with Crippen LogP contribution in [0.1, 0.15) is 5.56 Å². The van der Waals surface area contributed by atoms with Gasteiger partial charge in [0.2, 0.25) is 0 Å². The molecule has 0 aliphatic rings. The molecule has 2 aromatic carbocycles. The third kappa shape index (κ3) is 2.61. The van der Waals surface area contributed by atoms with E-state index in [1.807, 2.05) is 48.5 Å². The van der Waals surface area contributed by atoms with Crippen LogP contribution in [0.3, 0.4) is 0 Å². The summed E-state index contributed by atoms with van der Waals surface area (Å²) in [5.74, 6) is 0. The quantitative estimate of drug-likeness (QED) is 0.761. The summed E-state index contributed by atoms with van der Waals surface area (Å²) < 4.78 is 0. The second-order valence-electron chi connectivity index (χ2n) is 3.63. The molecule has 0 heterocycles. The molecule has 2 rings (SSSR count). The van der Waals surface area contributed by atoms with Gasteiger partial charge in [-0.25, -0.2) is 0 Å². The highest BCUT2D eigenvalue weighted by Gasteiger charge is 1.99. The van der Waals surface area contributed by atoms with E-state index in [4.69, 9.17) is 0 Å². The van der Waals surface area contributed by atoms with Gasteiger partial charge in [0.15, 0.2) is 0 Å². The Hall–Kier alpha value is -2.35. The maximum Gasteiger partial charge on any atom is 0.0696 e. The van der Waals surface area contributed by atoms with Crippen molar-refractivity contribution in [1.82, 2.24) is 0 Å². The molecule has 0 amide bonds.